The smallest absolute Gasteiger partial charge is 0.230 e. The number of carbonyl (C=O) groups excluding carboxylic acids is 1. The quantitative estimate of drug-likeness (QED) is 0.847. The Labute approximate surface area is 136 Å². The molecule has 3 nitrogen and oxygen atoms in total. The number of hydrogen-bond acceptors (Lipinski definition) is 2. The molecule has 0 bridgehead atoms. The molecule has 1 fully saturated rings. The molecule has 2 rings (SSSR count). The highest BCUT2D eigenvalue weighted by Crippen LogP contribution is 2.32. The van der Waals surface area contributed by atoms with Crippen molar-refractivity contribution in [1.29, 1.82) is 0 Å². The first-order valence-electron chi connectivity index (χ1n) is 7.32. The van der Waals surface area contributed by atoms with Crippen molar-refractivity contribution in [2.24, 2.45) is 5.92 Å². The van der Waals surface area contributed by atoms with Gasteiger partial charge >= 0.3 is 0 Å². The fraction of sp³-hybridized carbons (Fsp3) is 0.562. The van der Waals surface area contributed by atoms with Crippen LogP contribution in [0.3, 0.4) is 0 Å². The fourth-order valence-corrected chi connectivity index (χ4v) is 3.05. The van der Waals surface area contributed by atoms with Crippen LogP contribution in [0.2, 0.25) is 10.0 Å². The molecule has 1 saturated heterocycles. The molecule has 0 radical (unpaired) electrons. The van der Waals surface area contributed by atoms with Crippen LogP contribution in [0, 0.1) is 5.92 Å². The third-order valence-electron chi connectivity index (χ3n) is 4.05. The van der Waals surface area contributed by atoms with Crippen molar-refractivity contribution in [2.75, 3.05) is 33.2 Å². The molecule has 1 aromatic rings. The Morgan fingerprint density at radius 2 is 1.71 bits per heavy atom. The van der Waals surface area contributed by atoms with Crippen LogP contribution in [-0.2, 0) is 4.79 Å². The van der Waals surface area contributed by atoms with E-state index in [1.807, 2.05) is 17.0 Å². The third kappa shape index (κ3) is 3.91. The molecule has 116 valence electrons. The average molecular weight is 329 g/mol. The van der Waals surface area contributed by atoms with Gasteiger partial charge in [0, 0.05) is 26.2 Å². The molecule has 0 aromatic heterocycles. The first-order valence-corrected chi connectivity index (χ1v) is 8.08. The normalized spacial score (nSPS) is 18.1. The maximum absolute atomic E-state index is 12.9. The lowest BCUT2D eigenvalue weighted by atomic mass is 9.87. The lowest BCUT2D eigenvalue weighted by molar-refractivity contribution is -0.135. The first kappa shape index (κ1) is 16.6. The molecule has 21 heavy (non-hydrogen) atoms. The zero-order chi connectivity index (χ0) is 15.6. The van der Waals surface area contributed by atoms with Gasteiger partial charge in [0.15, 0.2) is 0 Å². The van der Waals surface area contributed by atoms with E-state index in [0.717, 1.165) is 31.7 Å². The second-order valence-corrected chi connectivity index (χ2v) is 6.84. The Hall–Kier alpha value is -0.770. The molecule has 0 spiro atoms. The van der Waals surface area contributed by atoms with E-state index < -0.39 is 0 Å². The number of likely N-dealkylation sites (N-methyl/N-ethyl adjacent to an activating group) is 1. The summed E-state index contributed by atoms with van der Waals surface area (Å²) in [4.78, 5) is 17.1. The number of piperazine rings is 1. The Morgan fingerprint density at radius 3 is 2.24 bits per heavy atom. The summed E-state index contributed by atoms with van der Waals surface area (Å²) >= 11 is 12.1. The number of nitrogens with zero attached hydrogens (tertiary/aromatic N) is 2. The summed E-state index contributed by atoms with van der Waals surface area (Å²) in [7, 11) is 2.08. The molecule has 1 amide bonds. The van der Waals surface area contributed by atoms with Gasteiger partial charge in [-0.2, -0.15) is 0 Å². The minimum atomic E-state index is -0.164. The van der Waals surface area contributed by atoms with E-state index in [4.69, 9.17) is 23.2 Å². The lowest BCUT2D eigenvalue weighted by Gasteiger charge is -2.35. The standard InChI is InChI=1S/C16H22Cl2N2O/c1-11(2)15(12-4-5-13(17)14(18)10-12)16(21)20-8-6-19(3)7-9-20/h4-5,10-11,15H,6-9H2,1-3H3. The van der Waals surface area contributed by atoms with E-state index in [1.165, 1.54) is 0 Å². The van der Waals surface area contributed by atoms with Crippen molar-refractivity contribution in [3.63, 3.8) is 0 Å². The van der Waals surface area contributed by atoms with Gasteiger partial charge in [-0.1, -0.05) is 43.1 Å². The van der Waals surface area contributed by atoms with Crippen LogP contribution in [-0.4, -0.2) is 48.9 Å². The van der Waals surface area contributed by atoms with Gasteiger partial charge in [-0.05, 0) is 30.7 Å². The zero-order valence-corrected chi connectivity index (χ0v) is 14.3. The van der Waals surface area contributed by atoms with E-state index in [0.29, 0.717) is 10.0 Å². The fourth-order valence-electron chi connectivity index (χ4n) is 2.74. The van der Waals surface area contributed by atoms with E-state index in [1.54, 1.807) is 6.07 Å². The average Bonchev–Trinajstić information content (AvgIpc) is 2.43. The lowest BCUT2D eigenvalue weighted by Crippen LogP contribution is -2.49. The molecule has 1 unspecified atom stereocenters. The summed E-state index contributed by atoms with van der Waals surface area (Å²) in [5, 5.41) is 1.03. The summed E-state index contributed by atoms with van der Waals surface area (Å²) in [5.74, 6) is 0.245. The summed E-state index contributed by atoms with van der Waals surface area (Å²) in [6.07, 6.45) is 0. The van der Waals surface area contributed by atoms with Crippen molar-refractivity contribution in [3.05, 3.63) is 33.8 Å². The van der Waals surface area contributed by atoms with Gasteiger partial charge < -0.3 is 9.80 Å². The number of benzene rings is 1. The van der Waals surface area contributed by atoms with Crippen LogP contribution >= 0.6 is 23.2 Å². The minimum Gasteiger partial charge on any atom is -0.340 e. The van der Waals surface area contributed by atoms with Crippen molar-refractivity contribution in [3.8, 4) is 0 Å². The van der Waals surface area contributed by atoms with Crippen LogP contribution in [0.15, 0.2) is 18.2 Å². The molecule has 1 aliphatic heterocycles. The van der Waals surface area contributed by atoms with Crippen LogP contribution < -0.4 is 0 Å². The molecule has 1 aliphatic rings. The van der Waals surface area contributed by atoms with E-state index in [-0.39, 0.29) is 17.7 Å². The predicted octanol–water partition coefficient (Wildman–Crippen LogP) is 3.51. The van der Waals surface area contributed by atoms with Gasteiger partial charge in [0.25, 0.3) is 0 Å². The number of halogens is 2. The molecule has 0 saturated carbocycles. The van der Waals surface area contributed by atoms with Crippen molar-refractivity contribution in [2.45, 2.75) is 19.8 Å². The van der Waals surface area contributed by atoms with Gasteiger partial charge in [0.05, 0.1) is 16.0 Å². The van der Waals surface area contributed by atoms with Crippen LogP contribution in [0.5, 0.6) is 0 Å². The SMILES string of the molecule is CC(C)C(C(=O)N1CCN(C)CC1)c1ccc(Cl)c(Cl)c1. The number of carbonyl (C=O) groups is 1. The van der Waals surface area contributed by atoms with Crippen LogP contribution in [0.4, 0.5) is 0 Å². The van der Waals surface area contributed by atoms with Gasteiger partial charge in [0.1, 0.15) is 0 Å². The van der Waals surface area contributed by atoms with Crippen molar-refractivity contribution >= 4 is 29.1 Å². The first-order chi connectivity index (χ1) is 9.90. The van der Waals surface area contributed by atoms with Gasteiger partial charge in [-0.15, -0.1) is 0 Å². The molecule has 1 atom stereocenters. The van der Waals surface area contributed by atoms with Gasteiger partial charge in [-0.25, -0.2) is 0 Å². The Kier molecular flexibility index (Phi) is 5.53. The topological polar surface area (TPSA) is 23.6 Å². The number of hydrogen-bond donors (Lipinski definition) is 0. The monoisotopic (exact) mass is 328 g/mol. The van der Waals surface area contributed by atoms with Crippen molar-refractivity contribution < 1.29 is 4.79 Å². The van der Waals surface area contributed by atoms with E-state index in [2.05, 4.69) is 25.8 Å². The summed E-state index contributed by atoms with van der Waals surface area (Å²) in [6.45, 7) is 7.58. The Balaban J connectivity index is 2.22. The second-order valence-electron chi connectivity index (χ2n) is 6.02. The Bertz CT molecular complexity index is 511. The molecule has 0 N–H and O–H groups in total. The molecule has 1 aromatic carbocycles. The van der Waals surface area contributed by atoms with Gasteiger partial charge in [0.2, 0.25) is 5.91 Å². The zero-order valence-electron chi connectivity index (χ0n) is 12.8. The highest BCUT2D eigenvalue weighted by molar-refractivity contribution is 6.42. The molecular weight excluding hydrogens is 307 g/mol. The second kappa shape index (κ2) is 6.99. The van der Waals surface area contributed by atoms with Crippen LogP contribution in [0.1, 0.15) is 25.3 Å². The number of amides is 1. The molecule has 5 heteroatoms. The van der Waals surface area contributed by atoms with E-state index >= 15 is 0 Å². The van der Waals surface area contributed by atoms with Gasteiger partial charge in [-0.3, -0.25) is 4.79 Å². The minimum absolute atomic E-state index is 0.164. The molecule has 0 aliphatic carbocycles. The summed E-state index contributed by atoms with van der Waals surface area (Å²) in [6, 6.07) is 5.50. The summed E-state index contributed by atoms with van der Waals surface area (Å²) in [5.41, 5.74) is 0.948. The molecular formula is C16H22Cl2N2O. The third-order valence-corrected chi connectivity index (χ3v) is 4.79. The van der Waals surface area contributed by atoms with Crippen LogP contribution in [0.25, 0.3) is 0 Å². The highest BCUT2D eigenvalue weighted by Gasteiger charge is 2.30. The van der Waals surface area contributed by atoms with Crippen molar-refractivity contribution in [1.82, 2.24) is 9.80 Å². The highest BCUT2D eigenvalue weighted by atomic mass is 35.5. The predicted molar refractivity (Wildman–Crippen MR) is 88.1 cm³/mol. The Morgan fingerprint density at radius 1 is 1.10 bits per heavy atom. The maximum atomic E-state index is 12.9. The summed E-state index contributed by atoms with van der Waals surface area (Å²) < 4.78 is 0. The molecule has 1 heterocycles. The van der Waals surface area contributed by atoms with E-state index in [9.17, 15) is 4.79 Å². The largest absolute Gasteiger partial charge is 0.340 e. The maximum Gasteiger partial charge on any atom is 0.230 e. The number of rotatable bonds is 3.